The predicted molar refractivity (Wildman–Crippen MR) is 289 cm³/mol. The first-order valence-corrected chi connectivity index (χ1v) is 23.7. The molecule has 6 heteroatoms. The lowest BCUT2D eigenvalue weighted by atomic mass is 10.0. The maximum absolute atomic E-state index is 6.75. The number of anilines is 6. The van der Waals surface area contributed by atoms with Gasteiger partial charge in [0, 0.05) is 77.2 Å². The van der Waals surface area contributed by atoms with Crippen molar-refractivity contribution in [1.29, 1.82) is 0 Å². The molecule has 0 radical (unpaired) electrons. The van der Waals surface area contributed by atoms with E-state index in [0.717, 1.165) is 143 Å². The quantitative estimate of drug-likeness (QED) is 0.166. The van der Waals surface area contributed by atoms with E-state index in [9.17, 15) is 0 Å². The minimum absolute atomic E-state index is 0.828. The molecular formula is C64H40N2O4. The Labute approximate surface area is 400 Å². The SMILES string of the molecule is Cc1ccccc1N(c1ccc2cc3c(cc2c1)oc1cc2c(cc13)oc1cc3cc(N(c4ccc5oc6ccccc6c5c4)c4ccccc4C)ccc3cc12)c1ccc2oc3ccccc3c2c1. The summed E-state index contributed by atoms with van der Waals surface area (Å²) >= 11 is 0. The Morgan fingerprint density at radius 1 is 0.243 bits per heavy atom. The van der Waals surface area contributed by atoms with Gasteiger partial charge in [-0.2, -0.15) is 0 Å². The number of hydrogen-bond acceptors (Lipinski definition) is 6. The maximum atomic E-state index is 6.75. The second kappa shape index (κ2) is 14.6. The van der Waals surface area contributed by atoms with Crippen LogP contribution in [0.3, 0.4) is 0 Å². The van der Waals surface area contributed by atoms with Gasteiger partial charge in [0.25, 0.3) is 0 Å². The van der Waals surface area contributed by atoms with Gasteiger partial charge < -0.3 is 27.5 Å². The third kappa shape index (κ3) is 5.86. The zero-order chi connectivity index (χ0) is 46.2. The number of rotatable bonds is 6. The van der Waals surface area contributed by atoms with Crippen LogP contribution < -0.4 is 9.80 Å². The number of para-hydroxylation sites is 4. The largest absolute Gasteiger partial charge is 0.456 e. The van der Waals surface area contributed by atoms with E-state index in [0.29, 0.717) is 0 Å². The number of fused-ring (bicyclic) bond motifs is 14. The van der Waals surface area contributed by atoms with Crippen LogP contribution in [-0.4, -0.2) is 0 Å². The molecule has 0 aliphatic carbocycles. The van der Waals surface area contributed by atoms with Crippen LogP contribution in [0.4, 0.5) is 34.1 Å². The minimum atomic E-state index is 0.828. The van der Waals surface area contributed by atoms with Crippen LogP contribution in [0.1, 0.15) is 11.1 Å². The number of hydrogen-bond donors (Lipinski definition) is 0. The molecule has 0 aliphatic rings. The molecule has 4 aromatic heterocycles. The number of nitrogens with zero attached hydrogens (tertiary/aromatic N) is 2. The van der Waals surface area contributed by atoms with Gasteiger partial charge in [0.2, 0.25) is 0 Å². The standard InChI is InChI=1S/C64H40N2O4/c1-37-11-3-7-15-55(37)65(45-23-25-59-51(33-45)47-13-5-9-17-57(47)67-59)43-21-19-39-29-49-53-35-64-54(36-63(53)69-61(49)31-41(39)27-43)50-30-40-20-22-44(28-42(40)32-62(50)70-64)66(56-16-8-4-12-38(56)2)46-24-26-60-52(34-46)48-14-6-10-18-58(48)68-60/h3-36H,1-2H3. The molecule has 15 aromatic rings. The fraction of sp³-hybridized carbons (Fsp3) is 0.0312. The number of furan rings is 4. The molecule has 0 fully saturated rings. The van der Waals surface area contributed by atoms with Crippen LogP contribution in [0, 0.1) is 13.8 Å². The van der Waals surface area contributed by atoms with Gasteiger partial charge in [-0.25, -0.2) is 0 Å². The summed E-state index contributed by atoms with van der Waals surface area (Å²) in [4.78, 5) is 4.68. The van der Waals surface area contributed by atoms with Crippen LogP contribution in [0.25, 0.3) is 109 Å². The summed E-state index contributed by atoms with van der Waals surface area (Å²) in [5.74, 6) is 0. The van der Waals surface area contributed by atoms with Crippen molar-refractivity contribution in [2.75, 3.05) is 9.80 Å². The Morgan fingerprint density at radius 2 is 0.586 bits per heavy atom. The number of aryl methyl sites for hydroxylation is 2. The average Bonchev–Trinajstić information content (AvgIpc) is 4.15. The molecule has 4 heterocycles. The predicted octanol–water partition coefficient (Wildman–Crippen LogP) is 19.1. The summed E-state index contributed by atoms with van der Waals surface area (Å²) in [6.45, 7) is 4.33. The van der Waals surface area contributed by atoms with Crippen molar-refractivity contribution in [2.45, 2.75) is 13.8 Å². The summed E-state index contributed by atoms with van der Waals surface area (Å²) in [6.07, 6.45) is 0. The van der Waals surface area contributed by atoms with E-state index in [2.05, 4.69) is 206 Å². The van der Waals surface area contributed by atoms with Gasteiger partial charge in [-0.3, -0.25) is 0 Å². The third-order valence-corrected chi connectivity index (χ3v) is 14.4. The first-order chi connectivity index (χ1) is 34.5. The van der Waals surface area contributed by atoms with Crippen molar-refractivity contribution in [3.63, 3.8) is 0 Å². The molecule has 0 saturated heterocycles. The molecule has 0 aliphatic heterocycles. The molecule has 6 nitrogen and oxygen atoms in total. The lowest BCUT2D eigenvalue weighted by molar-refractivity contribution is 0.664. The van der Waals surface area contributed by atoms with E-state index in [-0.39, 0.29) is 0 Å². The van der Waals surface area contributed by atoms with Crippen molar-refractivity contribution < 1.29 is 17.7 Å². The fourth-order valence-electron chi connectivity index (χ4n) is 11.0. The molecular weight excluding hydrogens is 861 g/mol. The molecule has 0 N–H and O–H groups in total. The Bertz CT molecular complexity index is 4360. The molecule has 70 heavy (non-hydrogen) atoms. The number of benzene rings is 11. The van der Waals surface area contributed by atoms with Crippen LogP contribution in [0.15, 0.2) is 224 Å². The van der Waals surface area contributed by atoms with Crippen LogP contribution in [0.2, 0.25) is 0 Å². The van der Waals surface area contributed by atoms with Gasteiger partial charge in [0.1, 0.15) is 44.7 Å². The van der Waals surface area contributed by atoms with E-state index in [1.165, 1.54) is 11.1 Å². The highest BCUT2D eigenvalue weighted by Crippen LogP contribution is 2.45. The Balaban J connectivity index is 0.826. The van der Waals surface area contributed by atoms with Crippen molar-refractivity contribution >= 4 is 143 Å². The summed E-state index contributed by atoms with van der Waals surface area (Å²) in [5.41, 5.74) is 15.7. The summed E-state index contributed by atoms with van der Waals surface area (Å²) in [7, 11) is 0. The van der Waals surface area contributed by atoms with E-state index >= 15 is 0 Å². The molecule has 330 valence electrons. The van der Waals surface area contributed by atoms with Gasteiger partial charge >= 0.3 is 0 Å². The van der Waals surface area contributed by atoms with E-state index < -0.39 is 0 Å². The van der Waals surface area contributed by atoms with Crippen molar-refractivity contribution in [2.24, 2.45) is 0 Å². The summed E-state index contributed by atoms with van der Waals surface area (Å²) in [6, 6.07) is 73.1. The Morgan fingerprint density at radius 3 is 1.06 bits per heavy atom. The second-order valence-electron chi connectivity index (χ2n) is 18.6. The molecule has 11 aromatic carbocycles. The van der Waals surface area contributed by atoms with Crippen molar-refractivity contribution in [1.82, 2.24) is 0 Å². The van der Waals surface area contributed by atoms with Crippen LogP contribution in [0.5, 0.6) is 0 Å². The molecule has 0 saturated carbocycles. The van der Waals surface area contributed by atoms with Crippen molar-refractivity contribution in [3.8, 4) is 0 Å². The van der Waals surface area contributed by atoms with Gasteiger partial charge in [-0.1, -0.05) is 84.9 Å². The van der Waals surface area contributed by atoms with Gasteiger partial charge in [-0.05, 0) is 168 Å². The highest BCUT2D eigenvalue weighted by atomic mass is 16.3. The van der Waals surface area contributed by atoms with Gasteiger partial charge in [-0.15, -0.1) is 0 Å². The molecule has 0 spiro atoms. The Hall–Kier alpha value is -9.26. The zero-order valence-corrected chi connectivity index (χ0v) is 38.2. The lowest BCUT2D eigenvalue weighted by Gasteiger charge is -2.27. The third-order valence-electron chi connectivity index (χ3n) is 14.4. The van der Waals surface area contributed by atoms with Crippen LogP contribution >= 0.6 is 0 Å². The van der Waals surface area contributed by atoms with E-state index in [4.69, 9.17) is 17.7 Å². The minimum Gasteiger partial charge on any atom is -0.456 e. The highest BCUT2D eigenvalue weighted by molar-refractivity contribution is 6.18. The lowest BCUT2D eigenvalue weighted by Crippen LogP contribution is -2.11. The summed E-state index contributed by atoms with van der Waals surface area (Å²) < 4.78 is 25.9. The normalized spacial score (nSPS) is 12.1. The first kappa shape index (κ1) is 38.8. The molecule has 0 atom stereocenters. The highest BCUT2D eigenvalue weighted by Gasteiger charge is 2.21. The summed E-state index contributed by atoms with van der Waals surface area (Å²) in [5, 5.41) is 13.0. The Kier molecular flexibility index (Phi) is 8.10. The smallest absolute Gasteiger partial charge is 0.136 e. The molecule has 0 bridgehead atoms. The zero-order valence-electron chi connectivity index (χ0n) is 38.2. The molecule has 0 amide bonds. The van der Waals surface area contributed by atoms with E-state index in [1.807, 2.05) is 24.3 Å². The van der Waals surface area contributed by atoms with Crippen molar-refractivity contribution in [3.05, 3.63) is 217 Å². The monoisotopic (exact) mass is 900 g/mol. The van der Waals surface area contributed by atoms with Gasteiger partial charge in [0.15, 0.2) is 0 Å². The topological polar surface area (TPSA) is 59.0 Å². The van der Waals surface area contributed by atoms with Gasteiger partial charge in [0.05, 0.1) is 0 Å². The second-order valence-corrected chi connectivity index (χ2v) is 18.6. The maximum Gasteiger partial charge on any atom is 0.136 e. The first-order valence-electron chi connectivity index (χ1n) is 23.7. The van der Waals surface area contributed by atoms with E-state index in [1.54, 1.807) is 0 Å². The fourth-order valence-corrected chi connectivity index (χ4v) is 11.0. The molecule has 15 rings (SSSR count). The average molecular weight is 901 g/mol. The molecule has 0 unspecified atom stereocenters. The van der Waals surface area contributed by atoms with Crippen LogP contribution in [-0.2, 0) is 0 Å².